The number of rotatable bonds is 4. The molecule has 1 aliphatic carbocycles. The summed E-state index contributed by atoms with van der Waals surface area (Å²) < 4.78 is 2.00. The normalized spacial score (nSPS) is 23.3. The van der Waals surface area contributed by atoms with Crippen LogP contribution in [-0.4, -0.2) is 49.7 Å². The van der Waals surface area contributed by atoms with Crippen molar-refractivity contribution in [2.24, 2.45) is 0 Å². The van der Waals surface area contributed by atoms with Crippen LogP contribution in [0.25, 0.3) is 0 Å². The largest absolute Gasteiger partial charge is 0.314 e. The topological polar surface area (TPSA) is 71.8 Å². The molecule has 21 heavy (non-hydrogen) atoms. The van der Waals surface area contributed by atoms with Crippen LogP contribution in [0.2, 0.25) is 0 Å². The first kappa shape index (κ1) is 12.8. The van der Waals surface area contributed by atoms with Crippen molar-refractivity contribution in [2.75, 3.05) is 19.6 Å². The number of hydrogen-bond donors (Lipinski definition) is 1. The summed E-state index contributed by atoms with van der Waals surface area (Å²) in [5.41, 5.74) is 1.25. The zero-order chi connectivity index (χ0) is 14.1. The van der Waals surface area contributed by atoms with Crippen LogP contribution in [0.15, 0.2) is 24.5 Å². The van der Waals surface area contributed by atoms with E-state index in [0.29, 0.717) is 12.1 Å². The molecule has 110 valence electrons. The maximum Gasteiger partial charge on any atom is 0.165 e. The molecule has 2 fully saturated rings. The van der Waals surface area contributed by atoms with Gasteiger partial charge in [0.25, 0.3) is 0 Å². The lowest BCUT2D eigenvalue weighted by Crippen LogP contribution is -2.45. The molecule has 1 N–H and O–H groups in total. The number of pyridine rings is 1. The molecule has 0 bridgehead atoms. The zero-order valence-electron chi connectivity index (χ0n) is 11.9. The molecular formula is C14H19N7. The van der Waals surface area contributed by atoms with Gasteiger partial charge in [0.2, 0.25) is 0 Å². The molecule has 1 unspecified atom stereocenters. The molecule has 2 aliphatic rings. The number of nitrogens with one attached hydrogen (secondary N) is 1. The maximum atomic E-state index is 4.25. The van der Waals surface area contributed by atoms with Crippen LogP contribution in [0.4, 0.5) is 0 Å². The lowest BCUT2D eigenvalue weighted by molar-refractivity contribution is 0.147. The van der Waals surface area contributed by atoms with Gasteiger partial charge in [-0.15, -0.1) is 5.10 Å². The van der Waals surface area contributed by atoms with E-state index in [-0.39, 0.29) is 0 Å². The number of hydrogen-bond acceptors (Lipinski definition) is 6. The Hall–Kier alpha value is -1.86. The van der Waals surface area contributed by atoms with E-state index in [9.17, 15) is 0 Å². The predicted molar refractivity (Wildman–Crippen MR) is 76.3 cm³/mol. The molecule has 1 atom stereocenters. The first-order valence-electron chi connectivity index (χ1n) is 7.53. The summed E-state index contributed by atoms with van der Waals surface area (Å²) in [7, 11) is 0. The van der Waals surface area contributed by atoms with E-state index in [1.54, 1.807) is 0 Å². The highest BCUT2D eigenvalue weighted by atomic mass is 15.6. The third kappa shape index (κ3) is 2.66. The van der Waals surface area contributed by atoms with E-state index < -0.39 is 0 Å². The van der Waals surface area contributed by atoms with Crippen molar-refractivity contribution in [1.82, 2.24) is 35.4 Å². The minimum absolute atomic E-state index is 0.330. The molecule has 7 heteroatoms. The van der Waals surface area contributed by atoms with E-state index in [1.165, 1.54) is 18.4 Å². The van der Waals surface area contributed by atoms with E-state index >= 15 is 0 Å². The van der Waals surface area contributed by atoms with Gasteiger partial charge in [0, 0.05) is 38.1 Å². The molecule has 0 spiro atoms. The molecule has 0 aromatic carbocycles. The van der Waals surface area contributed by atoms with Crippen molar-refractivity contribution in [3.8, 4) is 0 Å². The first-order valence-corrected chi connectivity index (χ1v) is 7.53. The van der Waals surface area contributed by atoms with Gasteiger partial charge in [-0.3, -0.25) is 9.88 Å². The van der Waals surface area contributed by atoms with Gasteiger partial charge in [0.15, 0.2) is 5.82 Å². The minimum Gasteiger partial charge on any atom is -0.314 e. The Morgan fingerprint density at radius 2 is 2.29 bits per heavy atom. The summed E-state index contributed by atoms with van der Waals surface area (Å²) in [6.45, 7) is 3.74. The van der Waals surface area contributed by atoms with Crippen molar-refractivity contribution in [3.63, 3.8) is 0 Å². The van der Waals surface area contributed by atoms with Crippen molar-refractivity contribution in [2.45, 2.75) is 31.5 Å². The maximum absolute atomic E-state index is 4.25. The van der Waals surface area contributed by atoms with E-state index in [0.717, 1.165) is 32.0 Å². The lowest BCUT2D eigenvalue weighted by Gasteiger charge is -2.35. The predicted octanol–water partition coefficient (Wildman–Crippen LogP) is 0.549. The number of nitrogens with zero attached hydrogens (tertiary/aromatic N) is 6. The van der Waals surface area contributed by atoms with Crippen LogP contribution in [0, 0.1) is 0 Å². The third-order valence-electron chi connectivity index (χ3n) is 4.22. The highest BCUT2D eigenvalue weighted by Crippen LogP contribution is 2.35. The molecule has 1 saturated carbocycles. The van der Waals surface area contributed by atoms with E-state index in [4.69, 9.17) is 0 Å². The highest BCUT2D eigenvalue weighted by Gasteiger charge is 2.30. The number of piperazine rings is 1. The highest BCUT2D eigenvalue weighted by molar-refractivity contribution is 5.15. The van der Waals surface area contributed by atoms with E-state index in [1.807, 2.05) is 23.1 Å². The molecule has 2 aromatic heterocycles. The average Bonchev–Trinajstić information content (AvgIpc) is 3.29. The van der Waals surface area contributed by atoms with Gasteiger partial charge in [0.1, 0.15) is 0 Å². The molecule has 1 aliphatic heterocycles. The van der Waals surface area contributed by atoms with Crippen LogP contribution >= 0.6 is 0 Å². The third-order valence-corrected chi connectivity index (χ3v) is 4.22. The fourth-order valence-corrected chi connectivity index (χ4v) is 2.94. The molecule has 1 saturated heterocycles. The SMILES string of the molecule is c1cncc(C2CNCCN2Cc2nnnn2C2CC2)c1. The molecule has 0 amide bonds. The van der Waals surface area contributed by atoms with Crippen molar-refractivity contribution in [3.05, 3.63) is 35.9 Å². The van der Waals surface area contributed by atoms with Gasteiger partial charge < -0.3 is 5.32 Å². The second-order valence-corrected chi connectivity index (χ2v) is 5.75. The lowest BCUT2D eigenvalue weighted by atomic mass is 10.1. The number of aromatic nitrogens is 5. The molecule has 2 aromatic rings. The first-order chi connectivity index (χ1) is 10.4. The van der Waals surface area contributed by atoms with Crippen LogP contribution < -0.4 is 5.32 Å². The zero-order valence-corrected chi connectivity index (χ0v) is 11.9. The molecular weight excluding hydrogens is 266 g/mol. The summed E-state index contributed by atoms with van der Waals surface area (Å²) in [6, 6.07) is 4.99. The van der Waals surface area contributed by atoms with Gasteiger partial charge in [-0.1, -0.05) is 6.07 Å². The Labute approximate surface area is 123 Å². The van der Waals surface area contributed by atoms with Crippen molar-refractivity contribution < 1.29 is 0 Å². The summed E-state index contributed by atoms with van der Waals surface area (Å²) >= 11 is 0. The van der Waals surface area contributed by atoms with Gasteiger partial charge >= 0.3 is 0 Å². The minimum atomic E-state index is 0.330. The Kier molecular flexibility index (Phi) is 3.36. The second-order valence-electron chi connectivity index (χ2n) is 5.75. The fraction of sp³-hybridized carbons (Fsp3) is 0.571. The van der Waals surface area contributed by atoms with Gasteiger partial charge in [-0.2, -0.15) is 0 Å². The van der Waals surface area contributed by atoms with Crippen LogP contribution in [0.1, 0.15) is 36.3 Å². The molecule has 3 heterocycles. The summed E-state index contributed by atoms with van der Waals surface area (Å²) in [5, 5.41) is 15.7. The summed E-state index contributed by atoms with van der Waals surface area (Å²) in [6.07, 6.45) is 6.17. The van der Waals surface area contributed by atoms with Crippen LogP contribution in [0.3, 0.4) is 0 Å². The van der Waals surface area contributed by atoms with Crippen LogP contribution in [0.5, 0.6) is 0 Å². The van der Waals surface area contributed by atoms with Crippen molar-refractivity contribution in [1.29, 1.82) is 0 Å². The standard InChI is InChI=1S/C14H19N7/c1-2-11(8-15-5-1)13-9-16-6-7-20(13)10-14-17-18-19-21(14)12-3-4-12/h1-2,5,8,12-13,16H,3-4,6-7,9-10H2. The Bertz CT molecular complexity index is 592. The van der Waals surface area contributed by atoms with Gasteiger partial charge in [0.05, 0.1) is 12.6 Å². The van der Waals surface area contributed by atoms with E-state index in [2.05, 4.69) is 36.8 Å². The van der Waals surface area contributed by atoms with Gasteiger partial charge in [-0.05, 0) is 34.9 Å². The Morgan fingerprint density at radius 1 is 1.33 bits per heavy atom. The number of tetrazole rings is 1. The second kappa shape index (κ2) is 5.50. The smallest absolute Gasteiger partial charge is 0.165 e. The molecule has 0 radical (unpaired) electrons. The average molecular weight is 285 g/mol. The fourth-order valence-electron chi connectivity index (χ4n) is 2.94. The van der Waals surface area contributed by atoms with Crippen molar-refractivity contribution >= 4 is 0 Å². The van der Waals surface area contributed by atoms with Gasteiger partial charge in [-0.25, -0.2) is 4.68 Å². The summed E-state index contributed by atoms with van der Waals surface area (Å²) in [4.78, 5) is 6.69. The molecule has 7 nitrogen and oxygen atoms in total. The Balaban J connectivity index is 1.55. The molecule has 4 rings (SSSR count). The van der Waals surface area contributed by atoms with Crippen LogP contribution in [-0.2, 0) is 6.54 Å². The Morgan fingerprint density at radius 3 is 3.10 bits per heavy atom. The quantitative estimate of drug-likeness (QED) is 0.884. The monoisotopic (exact) mass is 285 g/mol. The summed E-state index contributed by atoms with van der Waals surface area (Å²) in [5.74, 6) is 0.980.